The number of benzene rings is 1. The molecule has 154 valence electrons. The predicted octanol–water partition coefficient (Wildman–Crippen LogP) is 5.13. The first-order chi connectivity index (χ1) is 12.7. The topological polar surface area (TPSA) is 114 Å². The third kappa shape index (κ3) is 7.45. The van der Waals surface area contributed by atoms with Gasteiger partial charge in [-0.3, -0.25) is 19.2 Å². The van der Waals surface area contributed by atoms with Crippen molar-refractivity contribution in [2.24, 2.45) is 0 Å². The van der Waals surface area contributed by atoms with Crippen molar-refractivity contribution in [1.29, 1.82) is 0 Å². The second-order valence-corrected chi connectivity index (χ2v) is 9.53. The Kier molecular flexibility index (Phi) is 9.81. The lowest BCUT2D eigenvalue weighted by Crippen LogP contribution is -2.05. The van der Waals surface area contributed by atoms with Gasteiger partial charge < -0.3 is 18.1 Å². The van der Waals surface area contributed by atoms with Crippen molar-refractivity contribution in [3.63, 3.8) is 0 Å². The molecule has 0 unspecified atom stereocenters. The molecule has 0 saturated heterocycles. The molecule has 0 aliphatic heterocycles. The third-order valence-corrected chi connectivity index (χ3v) is 7.49. The van der Waals surface area contributed by atoms with Crippen molar-refractivity contribution in [3.8, 4) is 0 Å². The number of hydrogen-bond donors (Lipinski definition) is 0. The zero-order valence-electron chi connectivity index (χ0n) is 16.1. The largest absolute Gasteiger partial charge is 0.335 e. The minimum atomic E-state index is -3.51. The highest BCUT2D eigenvalue weighted by atomic mass is 31.2. The number of hydrogen-bond acceptors (Lipinski definition) is 8. The first kappa shape index (κ1) is 24.0. The van der Waals surface area contributed by atoms with E-state index in [1.165, 1.54) is 18.2 Å². The number of nitro benzene ring substituents is 1. The van der Waals surface area contributed by atoms with Crippen LogP contribution in [-0.2, 0) is 39.5 Å². The first-order valence-electron chi connectivity index (χ1n) is 8.74. The van der Waals surface area contributed by atoms with E-state index < -0.39 is 20.1 Å². The Morgan fingerprint density at radius 2 is 1.22 bits per heavy atom. The molecule has 9 nitrogen and oxygen atoms in total. The van der Waals surface area contributed by atoms with E-state index in [9.17, 15) is 19.2 Å². The average molecular weight is 423 g/mol. The molecule has 1 rings (SSSR count). The Bertz CT molecular complexity index is 704. The molecule has 0 spiro atoms. The Morgan fingerprint density at radius 1 is 0.815 bits per heavy atom. The molecular formula is C16H27NO8P2. The summed E-state index contributed by atoms with van der Waals surface area (Å²) >= 11 is 0. The Morgan fingerprint density at radius 3 is 1.59 bits per heavy atom. The van der Waals surface area contributed by atoms with Crippen molar-refractivity contribution in [3.05, 3.63) is 39.4 Å². The van der Waals surface area contributed by atoms with Crippen molar-refractivity contribution in [1.82, 2.24) is 0 Å². The summed E-state index contributed by atoms with van der Waals surface area (Å²) in [4.78, 5) is 10.6. The number of non-ortho nitro benzene ring substituents is 1. The molecule has 0 radical (unpaired) electrons. The van der Waals surface area contributed by atoms with Gasteiger partial charge in [0.15, 0.2) is 0 Å². The average Bonchev–Trinajstić information content (AvgIpc) is 2.57. The molecule has 1 aromatic carbocycles. The smallest absolute Gasteiger partial charge is 0.309 e. The van der Waals surface area contributed by atoms with Crippen LogP contribution in [0.5, 0.6) is 0 Å². The highest BCUT2D eigenvalue weighted by Crippen LogP contribution is 2.55. The molecule has 0 aliphatic carbocycles. The van der Waals surface area contributed by atoms with Crippen LogP contribution in [0, 0.1) is 10.1 Å². The molecule has 0 N–H and O–H groups in total. The zero-order valence-corrected chi connectivity index (χ0v) is 17.9. The van der Waals surface area contributed by atoms with Crippen molar-refractivity contribution in [2.75, 3.05) is 26.4 Å². The maximum atomic E-state index is 12.9. The van der Waals surface area contributed by atoms with Crippen LogP contribution >= 0.6 is 15.2 Å². The van der Waals surface area contributed by atoms with E-state index in [4.69, 9.17) is 18.1 Å². The van der Waals surface area contributed by atoms with Crippen molar-refractivity contribution < 1.29 is 32.1 Å². The van der Waals surface area contributed by atoms with Crippen LogP contribution in [0.4, 0.5) is 5.69 Å². The molecular weight excluding hydrogens is 396 g/mol. The summed E-state index contributed by atoms with van der Waals surface area (Å²) in [5.41, 5.74) is 0.662. The van der Waals surface area contributed by atoms with E-state index in [1.54, 1.807) is 27.7 Å². The van der Waals surface area contributed by atoms with E-state index in [0.717, 1.165) is 0 Å². The molecule has 0 aromatic heterocycles. The van der Waals surface area contributed by atoms with Crippen LogP contribution in [0.1, 0.15) is 38.8 Å². The van der Waals surface area contributed by atoms with Gasteiger partial charge in [0.25, 0.3) is 5.69 Å². The van der Waals surface area contributed by atoms with Gasteiger partial charge in [0, 0.05) is 12.1 Å². The highest BCUT2D eigenvalue weighted by molar-refractivity contribution is 7.53. The zero-order chi connectivity index (χ0) is 20.5. The van der Waals surface area contributed by atoms with E-state index in [0.29, 0.717) is 11.1 Å². The molecule has 0 fully saturated rings. The molecule has 1 aromatic rings. The Balaban J connectivity index is 3.33. The third-order valence-electron chi connectivity index (χ3n) is 3.43. The van der Waals surface area contributed by atoms with E-state index in [2.05, 4.69) is 0 Å². The number of rotatable bonds is 13. The van der Waals surface area contributed by atoms with Gasteiger partial charge in [0.1, 0.15) is 0 Å². The van der Waals surface area contributed by atoms with Gasteiger partial charge in [0.2, 0.25) is 0 Å². The lowest BCUT2D eigenvalue weighted by Gasteiger charge is -2.21. The fourth-order valence-corrected chi connectivity index (χ4v) is 6.01. The minimum absolute atomic E-state index is 0.0970. The second kappa shape index (κ2) is 11.1. The highest BCUT2D eigenvalue weighted by Gasteiger charge is 2.30. The lowest BCUT2D eigenvalue weighted by molar-refractivity contribution is -0.384. The quantitative estimate of drug-likeness (QED) is 0.244. The number of nitrogens with zero attached hydrogens (tertiary/aromatic N) is 1. The standard InChI is InChI=1S/C16H27NO8P2/c1-5-22-26(20,23-6-2)12-14-9-10-16(17(18)19)11-15(14)13-27(21,24-7-3)25-8-4/h9-11H,5-8,12-13H2,1-4H3. The SMILES string of the molecule is CCOP(=O)(Cc1ccc([N+](=O)[O-])cc1CP(=O)(OCC)OCC)OCC. The van der Waals surface area contributed by atoms with Gasteiger partial charge in [-0.2, -0.15) is 0 Å². The van der Waals surface area contributed by atoms with Gasteiger partial charge in [-0.25, -0.2) is 0 Å². The fraction of sp³-hybridized carbons (Fsp3) is 0.625. The predicted molar refractivity (Wildman–Crippen MR) is 102 cm³/mol. The molecule has 0 heterocycles. The van der Waals surface area contributed by atoms with Crippen LogP contribution in [0.3, 0.4) is 0 Å². The minimum Gasteiger partial charge on any atom is -0.309 e. The molecule has 0 atom stereocenters. The molecule has 0 saturated carbocycles. The van der Waals surface area contributed by atoms with Crippen LogP contribution in [0.2, 0.25) is 0 Å². The Labute approximate surface area is 159 Å². The van der Waals surface area contributed by atoms with Crippen LogP contribution < -0.4 is 0 Å². The van der Waals surface area contributed by atoms with E-state index in [-0.39, 0.29) is 44.4 Å². The Hall–Kier alpha value is -1.08. The molecule has 11 heteroatoms. The first-order valence-corrected chi connectivity index (χ1v) is 12.2. The second-order valence-electron chi connectivity index (χ2n) is 5.42. The van der Waals surface area contributed by atoms with Crippen LogP contribution in [0.15, 0.2) is 18.2 Å². The lowest BCUT2D eigenvalue weighted by atomic mass is 10.1. The van der Waals surface area contributed by atoms with Gasteiger partial charge in [-0.05, 0) is 38.8 Å². The summed E-state index contributed by atoms with van der Waals surface area (Å²) in [5, 5.41) is 11.1. The summed E-state index contributed by atoms with van der Waals surface area (Å²) in [6, 6.07) is 4.07. The maximum Gasteiger partial charge on any atom is 0.335 e. The van der Waals surface area contributed by atoms with E-state index >= 15 is 0 Å². The van der Waals surface area contributed by atoms with Gasteiger partial charge in [-0.15, -0.1) is 0 Å². The monoisotopic (exact) mass is 423 g/mol. The van der Waals surface area contributed by atoms with Crippen molar-refractivity contribution in [2.45, 2.75) is 40.0 Å². The maximum absolute atomic E-state index is 12.9. The molecule has 0 aliphatic rings. The summed E-state index contributed by atoms with van der Waals surface area (Å²) in [6.07, 6.45) is -0.274. The molecule has 27 heavy (non-hydrogen) atoms. The summed E-state index contributed by atoms with van der Waals surface area (Å²) < 4.78 is 46.9. The molecule has 0 amide bonds. The van der Waals surface area contributed by atoms with Gasteiger partial charge >= 0.3 is 15.2 Å². The van der Waals surface area contributed by atoms with Crippen LogP contribution in [-0.4, -0.2) is 31.4 Å². The summed E-state index contributed by atoms with van der Waals surface area (Å²) in [7, 11) is -6.95. The fourth-order valence-electron chi connectivity index (χ4n) is 2.49. The molecule has 0 bridgehead atoms. The van der Waals surface area contributed by atoms with E-state index in [1.807, 2.05) is 0 Å². The van der Waals surface area contributed by atoms with Crippen LogP contribution in [0.25, 0.3) is 0 Å². The summed E-state index contributed by atoms with van der Waals surface area (Å²) in [6.45, 7) is 7.46. The number of nitro groups is 1. The van der Waals surface area contributed by atoms with Gasteiger partial charge in [-0.1, -0.05) is 6.07 Å². The summed E-state index contributed by atoms with van der Waals surface area (Å²) in [5.74, 6) is 0. The van der Waals surface area contributed by atoms with Crippen molar-refractivity contribution >= 4 is 20.9 Å². The van der Waals surface area contributed by atoms with Gasteiger partial charge in [0.05, 0.1) is 43.7 Å². The normalized spacial score (nSPS) is 12.3.